The van der Waals surface area contributed by atoms with Crippen LogP contribution < -0.4 is 9.47 Å². The number of ether oxygens (including phenoxy) is 2. The van der Waals surface area contributed by atoms with Crippen LogP contribution in [0.4, 0.5) is 0 Å². The van der Waals surface area contributed by atoms with Gasteiger partial charge in [0.25, 0.3) is 0 Å². The number of hydrogen-bond donors (Lipinski definition) is 0. The number of aromatic nitrogens is 1. The Morgan fingerprint density at radius 3 is 2.67 bits per heavy atom. The van der Waals surface area contributed by atoms with Gasteiger partial charge in [0.15, 0.2) is 0 Å². The van der Waals surface area contributed by atoms with Crippen LogP contribution in [0.25, 0.3) is 0 Å². The Bertz CT molecular complexity index is 317. The van der Waals surface area contributed by atoms with Crippen molar-refractivity contribution in [1.82, 2.24) is 4.98 Å². The first-order valence-electron chi connectivity index (χ1n) is 3.30. The molecule has 12 heavy (non-hydrogen) atoms. The van der Waals surface area contributed by atoms with E-state index < -0.39 is 0 Å². The van der Waals surface area contributed by atoms with Gasteiger partial charge in [0.1, 0.15) is 17.4 Å². The number of rotatable bonds is 2. The minimum Gasteiger partial charge on any atom is -0.495 e. The lowest BCUT2D eigenvalue weighted by Gasteiger charge is -2.02. The number of nitriles is 1. The van der Waals surface area contributed by atoms with Crippen LogP contribution >= 0.6 is 0 Å². The summed E-state index contributed by atoms with van der Waals surface area (Å²) in [5, 5.41) is 8.64. The summed E-state index contributed by atoms with van der Waals surface area (Å²) in [4.78, 5) is 3.87. The Morgan fingerprint density at radius 1 is 1.42 bits per heavy atom. The predicted octanol–water partition coefficient (Wildman–Crippen LogP) is 0.970. The SMILES string of the molecule is COc1cnc(OC)c(C#N)c1. The van der Waals surface area contributed by atoms with Crippen molar-refractivity contribution in [2.24, 2.45) is 0 Å². The lowest BCUT2D eigenvalue weighted by atomic mass is 10.3. The third-order valence-corrected chi connectivity index (χ3v) is 1.38. The van der Waals surface area contributed by atoms with Gasteiger partial charge in [-0.15, -0.1) is 0 Å². The van der Waals surface area contributed by atoms with Crippen molar-refractivity contribution in [2.75, 3.05) is 14.2 Å². The second-order valence-electron chi connectivity index (χ2n) is 2.04. The Morgan fingerprint density at radius 2 is 2.17 bits per heavy atom. The molecule has 0 aliphatic heterocycles. The molecule has 0 aliphatic carbocycles. The highest BCUT2D eigenvalue weighted by Gasteiger charge is 2.04. The minimum absolute atomic E-state index is 0.318. The van der Waals surface area contributed by atoms with Gasteiger partial charge in [0, 0.05) is 6.07 Å². The molecule has 0 unspecified atom stereocenters. The molecule has 0 fully saturated rings. The molecule has 0 saturated carbocycles. The van der Waals surface area contributed by atoms with Gasteiger partial charge in [-0.3, -0.25) is 0 Å². The van der Waals surface area contributed by atoms with E-state index in [0.29, 0.717) is 17.2 Å². The Hall–Kier alpha value is -1.76. The van der Waals surface area contributed by atoms with Gasteiger partial charge in [0.2, 0.25) is 5.88 Å². The smallest absolute Gasteiger partial charge is 0.231 e. The summed E-state index contributed by atoms with van der Waals surface area (Å²) in [6.45, 7) is 0. The summed E-state index contributed by atoms with van der Waals surface area (Å²) in [6.07, 6.45) is 1.50. The molecule has 0 aromatic carbocycles. The molecule has 0 aliphatic rings. The third kappa shape index (κ3) is 1.45. The van der Waals surface area contributed by atoms with Crippen LogP contribution in [0.2, 0.25) is 0 Å². The maximum atomic E-state index is 8.64. The first-order valence-corrected chi connectivity index (χ1v) is 3.30. The van der Waals surface area contributed by atoms with Crippen molar-refractivity contribution >= 4 is 0 Å². The molecule has 0 N–H and O–H groups in total. The van der Waals surface area contributed by atoms with Gasteiger partial charge < -0.3 is 9.47 Å². The standard InChI is InChI=1S/C8H8N2O2/c1-11-7-3-6(4-9)8(12-2)10-5-7/h3,5H,1-2H3. The topological polar surface area (TPSA) is 55.1 Å². The van der Waals surface area contributed by atoms with Crippen LogP contribution in [0, 0.1) is 11.3 Å². The van der Waals surface area contributed by atoms with Gasteiger partial charge in [-0.05, 0) is 0 Å². The lowest BCUT2D eigenvalue weighted by molar-refractivity contribution is 0.386. The zero-order chi connectivity index (χ0) is 8.97. The van der Waals surface area contributed by atoms with Gasteiger partial charge in [-0.25, -0.2) is 4.98 Å². The quantitative estimate of drug-likeness (QED) is 0.653. The van der Waals surface area contributed by atoms with Crippen molar-refractivity contribution in [3.05, 3.63) is 17.8 Å². The van der Waals surface area contributed by atoms with E-state index >= 15 is 0 Å². The average molecular weight is 164 g/mol. The molecule has 62 valence electrons. The van der Waals surface area contributed by atoms with E-state index in [9.17, 15) is 0 Å². The van der Waals surface area contributed by atoms with E-state index in [4.69, 9.17) is 14.7 Å². The number of hydrogen-bond acceptors (Lipinski definition) is 4. The van der Waals surface area contributed by atoms with Crippen LogP contribution in [-0.2, 0) is 0 Å². The molecule has 0 saturated heterocycles. The van der Waals surface area contributed by atoms with E-state index in [-0.39, 0.29) is 0 Å². The van der Waals surface area contributed by atoms with Gasteiger partial charge in [0.05, 0.1) is 20.4 Å². The molecule has 4 nitrogen and oxygen atoms in total. The van der Waals surface area contributed by atoms with Crippen molar-refractivity contribution in [3.8, 4) is 17.7 Å². The largest absolute Gasteiger partial charge is 0.495 e. The zero-order valence-electron chi connectivity index (χ0n) is 6.87. The van der Waals surface area contributed by atoms with Gasteiger partial charge in [-0.1, -0.05) is 0 Å². The summed E-state index contributed by atoms with van der Waals surface area (Å²) in [5.74, 6) is 0.866. The number of nitrogens with zero attached hydrogens (tertiary/aromatic N) is 2. The van der Waals surface area contributed by atoms with E-state index in [1.165, 1.54) is 20.4 Å². The van der Waals surface area contributed by atoms with Crippen molar-refractivity contribution in [3.63, 3.8) is 0 Å². The molecular weight excluding hydrogens is 156 g/mol. The summed E-state index contributed by atoms with van der Waals surface area (Å²) in [5.41, 5.74) is 0.372. The molecule has 1 rings (SSSR count). The molecular formula is C8H8N2O2. The maximum Gasteiger partial charge on any atom is 0.231 e. The Kier molecular flexibility index (Phi) is 2.49. The Labute approximate surface area is 70.4 Å². The first-order chi connectivity index (χ1) is 5.81. The second kappa shape index (κ2) is 3.58. The molecule has 0 spiro atoms. The molecule has 0 bridgehead atoms. The van der Waals surface area contributed by atoms with Crippen LogP contribution in [0.15, 0.2) is 12.3 Å². The summed E-state index contributed by atoms with van der Waals surface area (Å²) >= 11 is 0. The highest BCUT2D eigenvalue weighted by Crippen LogP contribution is 2.18. The molecule has 0 amide bonds. The lowest BCUT2D eigenvalue weighted by Crippen LogP contribution is -1.93. The van der Waals surface area contributed by atoms with Crippen LogP contribution in [0.3, 0.4) is 0 Å². The van der Waals surface area contributed by atoms with Crippen molar-refractivity contribution in [2.45, 2.75) is 0 Å². The monoisotopic (exact) mass is 164 g/mol. The average Bonchev–Trinajstić information content (AvgIpc) is 2.16. The molecule has 1 aromatic heterocycles. The predicted molar refractivity (Wildman–Crippen MR) is 42.1 cm³/mol. The molecule has 4 heteroatoms. The van der Waals surface area contributed by atoms with E-state index in [1.54, 1.807) is 6.07 Å². The fourth-order valence-electron chi connectivity index (χ4n) is 0.787. The second-order valence-corrected chi connectivity index (χ2v) is 2.04. The molecule has 0 atom stereocenters. The molecule has 1 heterocycles. The number of pyridine rings is 1. The van der Waals surface area contributed by atoms with Crippen LogP contribution in [0.1, 0.15) is 5.56 Å². The van der Waals surface area contributed by atoms with Crippen LogP contribution in [-0.4, -0.2) is 19.2 Å². The highest BCUT2D eigenvalue weighted by atomic mass is 16.5. The van der Waals surface area contributed by atoms with Crippen LogP contribution in [0.5, 0.6) is 11.6 Å². The number of methoxy groups -OCH3 is 2. The fourth-order valence-corrected chi connectivity index (χ4v) is 0.787. The van der Waals surface area contributed by atoms with Gasteiger partial charge >= 0.3 is 0 Å². The van der Waals surface area contributed by atoms with E-state index in [2.05, 4.69) is 4.98 Å². The maximum absolute atomic E-state index is 8.64. The summed E-state index contributed by atoms with van der Waals surface area (Å²) in [7, 11) is 2.99. The minimum atomic E-state index is 0.318. The highest BCUT2D eigenvalue weighted by molar-refractivity contribution is 5.42. The van der Waals surface area contributed by atoms with Crippen molar-refractivity contribution < 1.29 is 9.47 Å². The third-order valence-electron chi connectivity index (χ3n) is 1.38. The normalized spacial score (nSPS) is 8.75. The van der Waals surface area contributed by atoms with Crippen molar-refractivity contribution in [1.29, 1.82) is 5.26 Å². The van der Waals surface area contributed by atoms with E-state index in [0.717, 1.165) is 0 Å². The fraction of sp³-hybridized carbons (Fsp3) is 0.250. The van der Waals surface area contributed by atoms with E-state index in [1.807, 2.05) is 6.07 Å². The zero-order valence-corrected chi connectivity index (χ0v) is 6.87. The summed E-state index contributed by atoms with van der Waals surface area (Å²) in [6, 6.07) is 3.53. The summed E-state index contributed by atoms with van der Waals surface area (Å²) < 4.78 is 9.73. The molecule has 0 radical (unpaired) electrons. The molecule has 1 aromatic rings. The Balaban J connectivity index is 3.13. The van der Waals surface area contributed by atoms with Gasteiger partial charge in [-0.2, -0.15) is 5.26 Å². The first kappa shape index (κ1) is 8.34.